The molecule has 0 unspecified atom stereocenters. The van der Waals surface area contributed by atoms with Crippen LogP contribution in [-0.4, -0.2) is 25.3 Å². The number of hydrogen-bond acceptors (Lipinski definition) is 3. The van der Waals surface area contributed by atoms with Crippen molar-refractivity contribution in [1.29, 1.82) is 0 Å². The molecular formula is C12H10F3NO3. The van der Waals surface area contributed by atoms with Crippen molar-refractivity contribution in [3.05, 3.63) is 23.8 Å². The summed E-state index contributed by atoms with van der Waals surface area (Å²) in [4.78, 5) is 23.7. The van der Waals surface area contributed by atoms with E-state index in [1.54, 1.807) is 0 Å². The zero-order valence-electron chi connectivity index (χ0n) is 9.95. The zero-order chi connectivity index (χ0) is 14.2. The van der Waals surface area contributed by atoms with Gasteiger partial charge in [-0.2, -0.15) is 13.2 Å². The van der Waals surface area contributed by atoms with Gasteiger partial charge in [-0.1, -0.05) is 0 Å². The molecule has 102 valence electrons. The van der Waals surface area contributed by atoms with Crippen LogP contribution in [-0.2, 0) is 15.8 Å². The Balaban J connectivity index is 2.44. The lowest BCUT2D eigenvalue weighted by Crippen LogP contribution is -2.25. The first-order valence-corrected chi connectivity index (χ1v) is 5.40. The van der Waals surface area contributed by atoms with Crippen LogP contribution in [0.3, 0.4) is 0 Å². The first kappa shape index (κ1) is 13.4. The third-order valence-corrected chi connectivity index (χ3v) is 2.78. The van der Waals surface area contributed by atoms with Crippen LogP contribution in [0.5, 0.6) is 5.75 Å². The number of carbonyl (C=O) groups excluding carboxylic acids is 2. The first-order chi connectivity index (χ1) is 8.82. The molecule has 0 bridgehead atoms. The molecule has 1 aliphatic heterocycles. The molecule has 0 aromatic heterocycles. The summed E-state index contributed by atoms with van der Waals surface area (Å²) in [6.45, 7) is -0.192. The van der Waals surface area contributed by atoms with Gasteiger partial charge in [-0.15, -0.1) is 0 Å². The van der Waals surface area contributed by atoms with Gasteiger partial charge in [-0.05, 0) is 18.2 Å². The van der Waals surface area contributed by atoms with Gasteiger partial charge in [0.05, 0.1) is 25.6 Å². The molecule has 0 spiro atoms. The molecule has 2 rings (SSSR count). The van der Waals surface area contributed by atoms with E-state index >= 15 is 0 Å². The summed E-state index contributed by atoms with van der Waals surface area (Å²) in [5, 5.41) is 0. The van der Waals surface area contributed by atoms with Gasteiger partial charge < -0.3 is 9.64 Å². The molecule has 7 heteroatoms. The number of amides is 1. The van der Waals surface area contributed by atoms with Gasteiger partial charge in [0.1, 0.15) is 5.75 Å². The second kappa shape index (κ2) is 4.56. The fourth-order valence-electron chi connectivity index (χ4n) is 1.91. The number of ether oxygens (including phenoxy) is 1. The highest BCUT2D eigenvalue weighted by Crippen LogP contribution is 2.38. The van der Waals surface area contributed by atoms with Gasteiger partial charge >= 0.3 is 6.18 Å². The van der Waals surface area contributed by atoms with Crippen molar-refractivity contribution >= 4 is 17.4 Å². The molecule has 19 heavy (non-hydrogen) atoms. The number of ketones is 1. The first-order valence-electron chi connectivity index (χ1n) is 5.40. The van der Waals surface area contributed by atoms with Crippen LogP contribution < -0.4 is 9.64 Å². The van der Waals surface area contributed by atoms with E-state index in [1.807, 2.05) is 0 Å². The molecule has 1 aromatic rings. The Morgan fingerprint density at radius 1 is 1.26 bits per heavy atom. The lowest BCUT2D eigenvalue weighted by Gasteiger charge is -2.18. The standard InChI is InChI=1S/C12H10F3NO3/c1-19-10-3-2-7(4-9(10)12(13,14)15)16-6-8(17)5-11(16)18/h2-4H,5-6H2,1H3. The van der Waals surface area contributed by atoms with E-state index in [1.165, 1.54) is 6.07 Å². The predicted molar refractivity (Wildman–Crippen MR) is 60.0 cm³/mol. The molecule has 1 amide bonds. The number of methoxy groups -OCH3 is 1. The molecule has 1 heterocycles. The molecular weight excluding hydrogens is 263 g/mol. The second-order valence-electron chi connectivity index (χ2n) is 4.08. The fourth-order valence-corrected chi connectivity index (χ4v) is 1.91. The van der Waals surface area contributed by atoms with E-state index in [4.69, 9.17) is 0 Å². The lowest BCUT2D eigenvalue weighted by molar-refractivity contribution is -0.138. The van der Waals surface area contributed by atoms with Crippen molar-refractivity contribution in [3.8, 4) is 5.75 Å². The van der Waals surface area contributed by atoms with Crippen LogP contribution in [0, 0.1) is 0 Å². The summed E-state index contributed by atoms with van der Waals surface area (Å²) in [5.41, 5.74) is -0.927. The van der Waals surface area contributed by atoms with E-state index in [0.29, 0.717) is 0 Å². The fraction of sp³-hybridized carbons (Fsp3) is 0.333. The minimum absolute atomic E-state index is 0.0453. The summed E-state index contributed by atoms with van der Waals surface area (Å²) in [7, 11) is 1.13. The zero-order valence-corrected chi connectivity index (χ0v) is 9.95. The normalized spacial score (nSPS) is 16.1. The van der Waals surface area contributed by atoms with Crippen molar-refractivity contribution in [2.24, 2.45) is 0 Å². The molecule has 4 nitrogen and oxygen atoms in total. The highest BCUT2D eigenvalue weighted by Gasteiger charge is 2.36. The highest BCUT2D eigenvalue weighted by atomic mass is 19.4. The van der Waals surface area contributed by atoms with Gasteiger partial charge in [-0.25, -0.2) is 0 Å². The van der Waals surface area contributed by atoms with Crippen LogP contribution in [0.1, 0.15) is 12.0 Å². The van der Waals surface area contributed by atoms with Crippen LogP contribution in [0.4, 0.5) is 18.9 Å². The summed E-state index contributed by atoms with van der Waals surface area (Å²) in [6, 6.07) is 3.27. The van der Waals surface area contributed by atoms with Gasteiger partial charge in [0.15, 0.2) is 5.78 Å². The van der Waals surface area contributed by atoms with E-state index < -0.39 is 17.6 Å². The maximum atomic E-state index is 12.8. The lowest BCUT2D eigenvalue weighted by atomic mass is 10.1. The molecule has 0 radical (unpaired) electrons. The van der Waals surface area contributed by atoms with Gasteiger partial charge in [0.25, 0.3) is 0 Å². The molecule has 1 saturated heterocycles. The van der Waals surface area contributed by atoms with Gasteiger partial charge in [0.2, 0.25) is 5.91 Å². The second-order valence-corrected chi connectivity index (χ2v) is 4.08. The van der Waals surface area contributed by atoms with E-state index in [-0.39, 0.29) is 30.2 Å². The van der Waals surface area contributed by atoms with Crippen molar-refractivity contribution < 1.29 is 27.5 Å². The largest absolute Gasteiger partial charge is 0.496 e. The third kappa shape index (κ3) is 2.54. The summed E-state index contributed by atoms with van der Waals surface area (Å²) in [6.07, 6.45) is -4.86. The Morgan fingerprint density at radius 2 is 1.95 bits per heavy atom. The Kier molecular flexibility index (Phi) is 3.21. The third-order valence-electron chi connectivity index (χ3n) is 2.78. The molecule has 1 fully saturated rings. The number of anilines is 1. The molecule has 0 aliphatic carbocycles. The number of nitrogens with zero attached hydrogens (tertiary/aromatic N) is 1. The summed E-state index contributed by atoms with van der Waals surface area (Å²) in [5.74, 6) is -1.13. The molecule has 1 aliphatic rings. The molecule has 0 atom stereocenters. The van der Waals surface area contributed by atoms with Crippen LogP contribution in [0.25, 0.3) is 0 Å². The Labute approximate surface area is 106 Å². The SMILES string of the molecule is COc1ccc(N2CC(=O)CC2=O)cc1C(F)(F)F. The average Bonchev–Trinajstić information content (AvgIpc) is 2.66. The highest BCUT2D eigenvalue weighted by molar-refractivity contribution is 6.15. The van der Waals surface area contributed by atoms with Crippen molar-refractivity contribution in [1.82, 2.24) is 0 Å². The molecule has 0 N–H and O–H groups in total. The maximum absolute atomic E-state index is 12.8. The number of halogens is 3. The summed E-state index contributed by atoms with van der Waals surface area (Å²) < 4.78 is 43.1. The van der Waals surface area contributed by atoms with E-state index in [0.717, 1.165) is 24.1 Å². The minimum Gasteiger partial charge on any atom is -0.496 e. The van der Waals surface area contributed by atoms with E-state index in [2.05, 4.69) is 4.74 Å². The molecule has 0 saturated carbocycles. The number of carbonyl (C=O) groups is 2. The number of benzene rings is 1. The summed E-state index contributed by atoms with van der Waals surface area (Å²) >= 11 is 0. The van der Waals surface area contributed by atoms with Crippen LogP contribution in [0.15, 0.2) is 18.2 Å². The predicted octanol–water partition coefficient (Wildman–Crippen LogP) is 2.02. The number of rotatable bonds is 2. The Bertz CT molecular complexity index is 540. The quantitative estimate of drug-likeness (QED) is 0.774. The number of alkyl halides is 3. The minimum atomic E-state index is -4.59. The van der Waals surface area contributed by atoms with Crippen LogP contribution >= 0.6 is 0 Å². The van der Waals surface area contributed by atoms with Crippen molar-refractivity contribution in [2.75, 3.05) is 18.6 Å². The Morgan fingerprint density at radius 3 is 2.42 bits per heavy atom. The maximum Gasteiger partial charge on any atom is 0.420 e. The topological polar surface area (TPSA) is 46.6 Å². The van der Waals surface area contributed by atoms with E-state index in [9.17, 15) is 22.8 Å². The number of hydrogen-bond donors (Lipinski definition) is 0. The Hall–Kier alpha value is -2.05. The smallest absolute Gasteiger partial charge is 0.420 e. The van der Waals surface area contributed by atoms with Gasteiger partial charge in [0, 0.05) is 5.69 Å². The van der Waals surface area contributed by atoms with Crippen molar-refractivity contribution in [3.63, 3.8) is 0 Å². The molecule has 1 aromatic carbocycles. The monoisotopic (exact) mass is 273 g/mol. The van der Waals surface area contributed by atoms with Crippen molar-refractivity contribution in [2.45, 2.75) is 12.6 Å². The van der Waals surface area contributed by atoms with Crippen LogP contribution in [0.2, 0.25) is 0 Å². The average molecular weight is 273 g/mol. The number of Topliss-reactive ketones (excluding diaryl/α,β-unsaturated/α-hetero) is 1. The van der Waals surface area contributed by atoms with Gasteiger partial charge in [-0.3, -0.25) is 9.59 Å².